The highest BCUT2D eigenvalue weighted by atomic mass is 32.2. The van der Waals surface area contributed by atoms with Crippen molar-refractivity contribution in [1.29, 1.82) is 0 Å². The lowest BCUT2D eigenvalue weighted by atomic mass is 10.2. The zero-order chi connectivity index (χ0) is 21.7. The third-order valence-electron chi connectivity index (χ3n) is 3.90. The first-order valence-electron chi connectivity index (χ1n) is 8.99. The summed E-state index contributed by atoms with van der Waals surface area (Å²) < 4.78 is 52.9. The van der Waals surface area contributed by atoms with Gasteiger partial charge >= 0.3 is 0 Å². The molecule has 2 heterocycles. The molecule has 0 aliphatic carbocycles. The van der Waals surface area contributed by atoms with E-state index in [4.69, 9.17) is 4.84 Å². The van der Waals surface area contributed by atoms with Gasteiger partial charge in [-0.1, -0.05) is 0 Å². The van der Waals surface area contributed by atoms with Crippen molar-refractivity contribution in [3.8, 4) is 0 Å². The van der Waals surface area contributed by atoms with Crippen LogP contribution in [-0.4, -0.2) is 75.6 Å². The number of nitrogens with zero attached hydrogens (tertiary/aromatic N) is 2. The molecule has 0 radical (unpaired) electrons. The molecule has 0 aromatic carbocycles. The standard InChI is InChI=1S/C16H27N5O6S2/c1-16(2,3)27-20-15(22)14-12-21(9-7-18-14)28(23,24)10-8-19-29(25,26)13-5-4-6-17-11-13/h4-6,11,14,18-19H,7-10,12H2,1-3H3,(H,20,22)/t14-/m1/s1. The fourth-order valence-electron chi connectivity index (χ4n) is 2.45. The Morgan fingerprint density at radius 3 is 2.69 bits per heavy atom. The Morgan fingerprint density at radius 2 is 2.07 bits per heavy atom. The van der Waals surface area contributed by atoms with Crippen LogP contribution in [0.5, 0.6) is 0 Å². The monoisotopic (exact) mass is 449 g/mol. The Labute approximate surface area is 171 Å². The number of amides is 1. The molecule has 1 aromatic heterocycles. The number of hydrogen-bond donors (Lipinski definition) is 3. The number of aromatic nitrogens is 1. The predicted molar refractivity (Wildman–Crippen MR) is 106 cm³/mol. The van der Waals surface area contributed by atoms with Crippen molar-refractivity contribution >= 4 is 26.0 Å². The molecule has 3 N–H and O–H groups in total. The van der Waals surface area contributed by atoms with Crippen molar-refractivity contribution < 1.29 is 26.5 Å². The molecule has 11 nitrogen and oxygen atoms in total. The van der Waals surface area contributed by atoms with E-state index in [1.165, 1.54) is 28.8 Å². The van der Waals surface area contributed by atoms with Gasteiger partial charge in [0, 0.05) is 38.6 Å². The van der Waals surface area contributed by atoms with Gasteiger partial charge in [0.1, 0.15) is 10.9 Å². The van der Waals surface area contributed by atoms with Gasteiger partial charge in [-0.2, -0.15) is 4.31 Å². The molecule has 1 aliphatic rings. The lowest BCUT2D eigenvalue weighted by Crippen LogP contribution is -2.59. The third-order valence-corrected chi connectivity index (χ3v) is 7.19. The molecule has 2 rings (SSSR count). The van der Waals surface area contributed by atoms with Crippen molar-refractivity contribution in [2.45, 2.75) is 37.3 Å². The molecule has 1 atom stereocenters. The van der Waals surface area contributed by atoms with Gasteiger partial charge in [0.05, 0.1) is 11.4 Å². The van der Waals surface area contributed by atoms with Gasteiger partial charge in [-0.15, -0.1) is 0 Å². The smallest absolute Gasteiger partial charge is 0.262 e. The molecule has 1 amide bonds. The Balaban J connectivity index is 1.90. The molecule has 164 valence electrons. The molecule has 1 fully saturated rings. The summed E-state index contributed by atoms with van der Waals surface area (Å²) in [6, 6.07) is 2.07. The number of piperazine rings is 1. The van der Waals surface area contributed by atoms with Crippen molar-refractivity contribution in [3.63, 3.8) is 0 Å². The largest absolute Gasteiger partial charge is 0.303 e. The van der Waals surface area contributed by atoms with Gasteiger partial charge < -0.3 is 5.32 Å². The normalized spacial score (nSPS) is 19.1. The van der Waals surface area contributed by atoms with E-state index in [0.717, 1.165) is 0 Å². The number of hydroxylamine groups is 1. The van der Waals surface area contributed by atoms with Crippen LogP contribution >= 0.6 is 0 Å². The number of nitrogens with one attached hydrogen (secondary N) is 3. The summed E-state index contributed by atoms with van der Waals surface area (Å²) in [5, 5.41) is 2.94. The summed E-state index contributed by atoms with van der Waals surface area (Å²) in [5.41, 5.74) is 1.74. The molecular formula is C16H27N5O6S2. The van der Waals surface area contributed by atoms with Crippen LogP contribution in [0, 0.1) is 0 Å². The van der Waals surface area contributed by atoms with E-state index < -0.39 is 43.3 Å². The second-order valence-corrected chi connectivity index (χ2v) is 11.3. The van der Waals surface area contributed by atoms with Crippen LogP contribution in [0.15, 0.2) is 29.4 Å². The zero-order valence-corrected chi connectivity index (χ0v) is 18.2. The van der Waals surface area contributed by atoms with E-state index in [0.29, 0.717) is 0 Å². The summed E-state index contributed by atoms with van der Waals surface area (Å²) in [7, 11) is -7.62. The molecule has 1 aliphatic heterocycles. The van der Waals surface area contributed by atoms with Gasteiger partial charge in [-0.25, -0.2) is 27.0 Å². The van der Waals surface area contributed by atoms with Crippen molar-refractivity contribution in [2.24, 2.45) is 0 Å². The topological polar surface area (TPSA) is 147 Å². The van der Waals surface area contributed by atoms with Crippen LogP contribution in [0.2, 0.25) is 0 Å². The first kappa shape index (κ1) is 23.6. The third kappa shape index (κ3) is 7.28. The number of hydrogen-bond acceptors (Lipinski definition) is 8. The number of carbonyl (C=O) groups excluding carboxylic acids is 1. The van der Waals surface area contributed by atoms with Crippen LogP contribution < -0.4 is 15.5 Å². The number of rotatable bonds is 8. The minimum Gasteiger partial charge on any atom is -0.303 e. The summed E-state index contributed by atoms with van der Waals surface area (Å²) in [4.78, 5) is 21.1. The van der Waals surface area contributed by atoms with E-state index in [9.17, 15) is 21.6 Å². The maximum Gasteiger partial charge on any atom is 0.262 e. The summed E-state index contributed by atoms with van der Waals surface area (Å²) in [6.07, 6.45) is 2.61. The van der Waals surface area contributed by atoms with Gasteiger partial charge in [0.15, 0.2) is 0 Å². The van der Waals surface area contributed by atoms with Gasteiger partial charge in [0.2, 0.25) is 20.0 Å². The second-order valence-electron chi connectivity index (χ2n) is 7.45. The molecule has 0 saturated carbocycles. The Bertz CT molecular complexity index is 899. The summed E-state index contributed by atoms with van der Waals surface area (Å²) in [5.74, 6) is -0.906. The van der Waals surface area contributed by atoms with Crippen LogP contribution in [0.25, 0.3) is 0 Å². The Kier molecular flexibility index (Phi) is 7.70. The zero-order valence-electron chi connectivity index (χ0n) is 16.6. The minimum atomic E-state index is -3.85. The quantitative estimate of drug-likeness (QED) is 0.420. The molecular weight excluding hydrogens is 422 g/mol. The van der Waals surface area contributed by atoms with Crippen molar-refractivity contribution in [2.75, 3.05) is 31.9 Å². The average molecular weight is 450 g/mol. The maximum atomic E-state index is 12.6. The van der Waals surface area contributed by atoms with Crippen molar-refractivity contribution in [1.82, 2.24) is 24.8 Å². The van der Waals surface area contributed by atoms with E-state index >= 15 is 0 Å². The van der Waals surface area contributed by atoms with Gasteiger partial charge in [0.25, 0.3) is 5.91 Å². The first-order chi connectivity index (χ1) is 13.4. The van der Waals surface area contributed by atoms with E-state index in [1.54, 1.807) is 20.8 Å². The minimum absolute atomic E-state index is 0.0462. The van der Waals surface area contributed by atoms with E-state index in [-0.39, 0.29) is 31.1 Å². The fraction of sp³-hybridized carbons (Fsp3) is 0.625. The molecule has 0 bridgehead atoms. The number of pyridine rings is 1. The molecule has 0 unspecified atom stereocenters. The fourth-order valence-corrected chi connectivity index (χ4v) is 4.94. The van der Waals surface area contributed by atoms with E-state index in [2.05, 4.69) is 20.5 Å². The highest BCUT2D eigenvalue weighted by molar-refractivity contribution is 7.90. The predicted octanol–water partition coefficient (Wildman–Crippen LogP) is -1.19. The van der Waals surface area contributed by atoms with Crippen LogP contribution in [0.4, 0.5) is 0 Å². The van der Waals surface area contributed by atoms with Crippen molar-refractivity contribution in [3.05, 3.63) is 24.5 Å². The molecule has 1 saturated heterocycles. The highest BCUT2D eigenvalue weighted by Crippen LogP contribution is 2.10. The lowest BCUT2D eigenvalue weighted by Gasteiger charge is -2.32. The van der Waals surface area contributed by atoms with Crippen LogP contribution in [-0.2, 0) is 29.7 Å². The summed E-state index contributed by atoms with van der Waals surface area (Å²) in [6.45, 7) is 5.40. The average Bonchev–Trinajstić information content (AvgIpc) is 2.66. The van der Waals surface area contributed by atoms with Gasteiger partial charge in [-0.05, 0) is 32.9 Å². The Morgan fingerprint density at radius 1 is 1.34 bits per heavy atom. The maximum absolute atomic E-state index is 12.6. The number of sulfonamides is 2. The van der Waals surface area contributed by atoms with Crippen LogP contribution in [0.1, 0.15) is 20.8 Å². The van der Waals surface area contributed by atoms with Gasteiger partial charge in [-0.3, -0.25) is 14.6 Å². The highest BCUT2D eigenvalue weighted by Gasteiger charge is 2.32. The Hall–Kier alpha value is -1.64. The second kappa shape index (κ2) is 9.45. The molecule has 1 aromatic rings. The summed E-state index contributed by atoms with van der Waals surface area (Å²) >= 11 is 0. The SMILES string of the molecule is CC(C)(C)ONC(=O)[C@H]1CN(S(=O)(=O)CCNS(=O)(=O)c2cccnc2)CCN1. The number of carbonyl (C=O) groups is 1. The first-order valence-corrected chi connectivity index (χ1v) is 12.1. The molecule has 0 spiro atoms. The van der Waals surface area contributed by atoms with E-state index in [1.807, 2.05) is 0 Å². The lowest BCUT2D eigenvalue weighted by molar-refractivity contribution is -0.148. The molecule has 29 heavy (non-hydrogen) atoms. The molecule has 13 heteroatoms. The van der Waals surface area contributed by atoms with Crippen LogP contribution in [0.3, 0.4) is 0 Å².